The van der Waals surface area contributed by atoms with Gasteiger partial charge in [-0.25, -0.2) is 0 Å². The zero-order chi connectivity index (χ0) is 12.6. The molecule has 0 aromatic rings. The second-order valence-electron chi connectivity index (χ2n) is 3.26. The lowest BCUT2D eigenvalue weighted by Gasteiger charge is -2.07. The summed E-state index contributed by atoms with van der Waals surface area (Å²) in [5, 5.41) is 0. The molecule has 0 aromatic heterocycles. The Hall–Kier alpha value is -1.50. The molecule has 0 fully saturated rings. The summed E-state index contributed by atoms with van der Waals surface area (Å²) >= 11 is 0. The third kappa shape index (κ3) is 6.88. The molecular weight excluding hydrogens is 208 g/mol. The van der Waals surface area contributed by atoms with Crippen LogP contribution in [0.3, 0.4) is 0 Å². The molecule has 2 atom stereocenters. The number of esters is 2. The van der Waals surface area contributed by atoms with Crippen molar-refractivity contribution >= 4 is 11.9 Å². The number of rotatable bonds is 4. The predicted molar refractivity (Wildman–Crippen MR) is 59.5 cm³/mol. The lowest BCUT2D eigenvalue weighted by Crippen LogP contribution is -2.15. The summed E-state index contributed by atoms with van der Waals surface area (Å²) in [6.07, 6.45) is -0.302. The van der Waals surface area contributed by atoms with Gasteiger partial charge in [-0.15, -0.1) is 0 Å². The first-order valence-corrected chi connectivity index (χ1v) is 5.39. The van der Waals surface area contributed by atoms with E-state index in [1.54, 1.807) is 27.7 Å². The Kier molecular flexibility index (Phi) is 7.02. The van der Waals surface area contributed by atoms with Crippen LogP contribution in [0.4, 0.5) is 0 Å². The van der Waals surface area contributed by atoms with E-state index < -0.39 is 12.2 Å². The van der Waals surface area contributed by atoms with E-state index in [-0.39, 0.29) is 11.9 Å². The van der Waals surface area contributed by atoms with Crippen LogP contribution in [-0.2, 0) is 19.1 Å². The van der Waals surface area contributed by atoms with E-state index in [1.165, 1.54) is 0 Å². The van der Waals surface area contributed by atoms with Gasteiger partial charge in [0.05, 0.1) is 0 Å². The van der Waals surface area contributed by atoms with Crippen LogP contribution in [0, 0.1) is 11.8 Å². The molecule has 0 radical (unpaired) electrons. The molecule has 0 saturated carbocycles. The number of carbonyl (C=O) groups is 2. The minimum Gasteiger partial charge on any atom is -0.449 e. The monoisotopic (exact) mass is 226 g/mol. The highest BCUT2D eigenvalue weighted by Gasteiger charge is 2.06. The zero-order valence-corrected chi connectivity index (χ0v) is 10.2. The maximum atomic E-state index is 10.9. The lowest BCUT2D eigenvalue weighted by atomic mass is 10.3. The van der Waals surface area contributed by atoms with Crippen LogP contribution in [0.1, 0.15) is 40.5 Å². The fraction of sp³-hybridized carbons (Fsp3) is 0.667. The summed E-state index contributed by atoms with van der Waals surface area (Å²) in [5.74, 6) is 4.83. The zero-order valence-electron chi connectivity index (χ0n) is 10.2. The van der Waals surface area contributed by atoms with Crippen LogP contribution < -0.4 is 0 Å². The van der Waals surface area contributed by atoms with Gasteiger partial charge < -0.3 is 9.47 Å². The van der Waals surface area contributed by atoms with E-state index >= 15 is 0 Å². The normalized spacial score (nSPS) is 13.0. The summed E-state index contributed by atoms with van der Waals surface area (Å²) in [6, 6.07) is 0. The van der Waals surface area contributed by atoms with Crippen LogP contribution in [0.15, 0.2) is 0 Å². The highest BCUT2D eigenvalue weighted by molar-refractivity contribution is 5.69. The van der Waals surface area contributed by atoms with E-state index in [2.05, 4.69) is 11.8 Å². The Morgan fingerprint density at radius 1 is 0.938 bits per heavy atom. The molecule has 0 heterocycles. The van der Waals surface area contributed by atoms with Crippen molar-refractivity contribution in [2.75, 3.05) is 0 Å². The molecule has 0 aliphatic carbocycles. The van der Waals surface area contributed by atoms with Crippen LogP contribution in [0.5, 0.6) is 0 Å². The second kappa shape index (κ2) is 7.75. The molecule has 0 bridgehead atoms. The molecular formula is C12H18O4. The van der Waals surface area contributed by atoms with Gasteiger partial charge in [-0.1, -0.05) is 25.7 Å². The lowest BCUT2D eigenvalue weighted by molar-refractivity contribution is -0.146. The summed E-state index contributed by atoms with van der Waals surface area (Å²) in [5.41, 5.74) is 0. The Labute approximate surface area is 96.3 Å². The fourth-order valence-electron chi connectivity index (χ4n) is 0.855. The Morgan fingerprint density at radius 3 is 1.50 bits per heavy atom. The third-order valence-electron chi connectivity index (χ3n) is 1.68. The Bertz CT molecular complexity index is 270. The van der Waals surface area contributed by atoms with Gasteiger partial charge in [-0.2, -0.15) is 0 Å². The smallest absolute Gasteiger partial charge is 0.306 e. The van der Waals surface area contributed by atoms with Gasteiger partial charge in [-0.05, 0) is 13.8 Å². The first-order valence-electron chi connectivity index (χ1n) is 5.39. The maximum absolute atomic E-state index is 10.9. The molecule has 0 amide bonds. The van der Waals surface area contributed by atoms with Crippen molar-refractivity contribution in [1.82, 2.24) is 0 Å². The van der Waals surface area contributed by atoms with Crippen molar-refractivity contribution in [2.24, 2.45) is 0 Å². The average Bonchev–Trinajstić information content (AvgIpc) is 2.26. The van der Waals surface area contributed by atoms with Gasteiger partial charge in [0, 0.05) is 12.8 Å². The van der Waals surface area contributed by atoms with E-state index in [4.69, 9.17) is 9.47 Å². The largest absolute Gasteiger partial charge is 0.449 e. The molecule has 2 unspecified atom stereocenters. The van der Waals surface area contributed by atoms with Crippen LogP contribution in [0.25, 0.3) is 0 Å². The Balaban J connectivity index is 4.07. The van der Waals surface area contributed by atoms with Gasteiger partial charge in [0.25, 0.3) is 0 Å². The SMILES string of the molecule is CCC(=O)OC(C)C#CC(C)OC(=O)CC. The number of ether oxygens (including phenoxy) is 2. The molecule has 0 spiro atoms. The topological polar surface area (TPSA) is 52.6 Å². The van der Waals surface area contributed by atoms with Crippen LogP contribution in [-0.4, -0.2) is 24.1 Å². The molecule has 0 aliphatic heterocycles. The fourth-order valence-corrected chi connectivity index (χ4v) is 0.855. The van der Waals surface area contributed by atoms with Gasteiger partial charge in [-0.3, -0.25) is 9.59 Å². The third-order valence-corrected chi connectivity index (χ3v) is 1.68. The highest BCUT2D eigenvalue weighted by Crippen LogP contribution is 1.95. The highest BCUT2D eigenvalue weighted by atomic mass is 16.5. The average molecular weight is 226 g/mol. The summed E-state index contributed by atoms with van der Waals surface area (Å²) < 4.78 is 9.86. The van der Waals surface area contributed by atoms with Crippen molar-refractivity contribution in [3.8, 4) is 11.8 Å². The first kappa shape index (κ1) is 14.5. The van der Waals surface area contributed by atoms with Crippen molar-refractivity contribution < 1.29 is 19.1 Å². The number of hydrogen-bond acceptors (Lipinski definition) is 4. The van der Waals surface area contributed by atoms with E-state index in [9.17, 15) is 9.59 Å². The minimum absolute atomic E-state index is 0.292. The van der Waals surface area contributed by atoms with E-state index in [0.29, 0.717) is 12.8 Å². The van der Waals surface area contributed by atoms with Gasteiger partial charge >= 0.3 is 11.9 Å². The molecule has 4 nitrogen and oxygen atoms in total. The van der Waals surface area contributed by atoms with Crippen molar-refractivity contribution in [2.45, 2.75) is 52.7 Å². The summed E-state index contributed by atoms with van der Waals surface area (Å²) in [6.45, 7) is 6.78. The van der Waals surface area contributed by atoms with Gasteiger partial charge in [0.15, 0.2) is 12.2 Å². The van der Waals surface area contributed by atoms with Gasteiger partial charge in [0.1, 0.15) is 0 Å². The Morgan fingerprint density at radius 2 is 1.25 bits per heavy atom. The van der Waals surface area contributed by atoms with Crippen LogP contribution in [0.2, 0.25) is 0 Å². The standard InChI is InChI=1S/C12H18O4/c1-5-11(13)15-9(3)7-8-10(4)16-12(14)6-2/h9-10H,5-6H2,1-4H3. The number of hydrogen-bond donors (Lipinski definition) is 0. The first-order chi connectivity index (χ1) is 7.49. The molecule has 0 aromatic carbocycles. The molecule has 0 saturated heterocycles. The van der Waals surface area contributed by atoms with E-state index in [1.807, 2.05) is 0 Å². The minimum atomic E-state index is -0.477. The van der Waals surface area contributed by atoms with Crippen LogP contribution >= 0.6 is 0 Å². The molecule has 0 N–H and O–H groups in total. The van der Waals surface area contributed by atoms with E-state index in [0.717, 1.165) is 0 Å². The predicted octanol–water partition coefficient (Wildman–Crippen LogP) is 1.67. The van der Waals surface area contributed by atoms with Crippen molar-refractivity contribution in [3.63, 3.8) is 0 Å². The van der Waals surface area contributed by atoms with Gasteiger partial charge in [0.2, 0.25) is 0 Å². The molecule has 0 rings (SSSR count). The number of carbonyl (C=O) groups excluding carboxylic acids is 2. The summed E-state index contributed by atoms with van der Waals surface area (Å²) in [7, 11) is 0. The second-order valence-corrected chi connectivity index (χ2v) is 3.26. The quantitative estimate of drug-likeness (QED) is 0.540. The summed E-state index contributed by atoms with van der Waals surface area (Å²) in [4.78, 5) is 21.8. The molecule has 16 heavy (non-hydrogen) atoms. The van der Waals surface area contributed by atoms with Crippen molar-refractivity contribution in [3.05, 3.63) is 0 Å². The van der Waals surface area contributed by atoms with Crippen molar-refractivity contribution in [1.29, 1.82) is 0 Å². The molecule has 4 heteroatoms. The molecule has 0 aliphatic rings. The maximum Gasteiger partial charge on any atom is 0.306 e. The molecule has 90 valence electrons.